The Hall–Kier alpha value is -2.58. The van der Waals surface area contributed by atoms with Crippen molar-refractivity contribution >= 4 is 13.7 Å². The smallest absolute Gasteiger partial charge is 0.387 e. The van der Waals surface area contributed by atoms with Gasteiger partial charge in [-0.3, -0.25) is 13.8 Å². The first kappa shape index (κ1) is 74.4. The van der Waals surface area contributed by atoms with Crippen LogP contribution in [0.25, 0.3) is 0 Å². The third kappa shape index (κ3) is 60.9. The number of nitrogens with one attached hydrogen (secondary N) is 1. The topological polar surface area (TPSA) is 105 Å². The molecule has 0 rings (SSSR count). The third-order valence-corrected chi connectivity index (χ3v) is 15.0. The molecule has 0 aliphatic carbocycles. The molecule has 0 aromatic rings. The number of phosphoric ester groups is 1. The molecule has 0 radical (unpaired) electrons. The van der Waals surface area contributed by atoms with E-state index < -0.39 is 20.0 Å². The van der Waals surface area contributed by atoms with Gasteiger partial charge in [0.2, 0.25) is 5.91 Å². The lowest BCUT2D eigenvalue weighted by molar-refractivity contribution is -0.870. The zero-order chi connectivity index (χ0) is 56.3. The van der Waals surface area contributed by atoms with Crippen LogP contribution in [0.1, 0.15) is 277 Å². The van der Waals surface area contributed by atoms with Gasteiger partial charge in [0.05, 0.1) is 39.9 Å². The number of likely N-dealkylation sites (N-methyl/N-ethyl adjacent to an activating group) is 1. The van der Waals surface area contributed by atoms with Gasteiger partial charge in [-0.05, 0) is 89.9 Å². The molecule has 0 heterocycles. The fourth-order valence-corrected chi connectivity index (χ4v) is 9.78. The third-order valence-electron chi connectivity index (χ3n) is 14.0. The van der Waals surface area contributed by atoms with E-state index in [0.29, 0.717) is 17.4 Å². The predicted molar refractivity (Wildman–Crippen MR) is 336 cm³/mol. The maximum Gasteiger partial charge on any atom is 0.472 e. The molecule has 0 saturated heterocycles. The Balaban J connectivity index is 4.19. The Morgan fingerprint density at radius 3 is 1.19 bits per heavy atom. The number of hydrogen-bond acceptors (Lipinski definition) is 5. The lowest BCUT2D eigenvalue weighted by atomic mass is 10.0. The van der Waals surface area contributed by atoms with Crippen LogP contribution in [0.4, 0.5) is 0 Å². The van der Waals surface area contributed by atoms with Gasteiger partial charge in [0, 0.05) is 6.42 Å². The Kier molecular flexibility index (Phi) is 56.1. The first-order chi connectivity index (χ1) is 37.5. The lowest BCUT2D eigenvalue weighted by Crippen LogP contribution is -2.45. The highest BCUT2D eigenvalue weighted by Gasteiger charge is 2.27. The summed E-state index contributed by atoms with van der Waals surface area (Å²) >= 11 is 0. The highest BCUT2D eigenvalue weighted by Crippen LogP contribution is 2.43. The minimum absolute atomic E-state index is 0.0504. The number of quaternary nitrogens is 1. The second kappa shape index (κ2) is 58.1. The van der Waals surface area contributed by atoms with E-state index in [1.165, 1.54) is 180 Å². The van der Waals surface area contributed by atoms with Gasteiger partial charge in [0.15, 0.2) is 0 Å². The van der Waals surface area contributed by atoms with Crippen molar-refractivity contribution in [3.05, 3.63) is 97.2 Å². The number of amides is 1. The van der Waals surface area contributed by atoms with Gasteiger partial charge in [-0.25, -0.2) is 4.57 Å². The highest BCUT2D eigenvalue weighted by molar-refractivity contribution is 7.47. The summed E-state index contributed by atoms with van der Waals surface area (Å²) in [6.07, 6.45) is 83.9. The number of aliphatic hydroxyl groups is 1. The predicted octanol–water partition coefficient (Wildman–Crippen LogP) is 20.2. The van der Waals surface area contributed by atoms with Crippen LogP contribution in [0.2, 0.25) is 0 Å². The normalized spacial score (nSPS) is 14.4. The molecular weight excluding hydrogens is 972 g/mol. The van der Waals surface area contributed by atoms with Crippen LogP contribution < -0.4 is 5.32 Å². The molecular formula is C68H124N2O6P+. The van der Waals surface area contributed by atoms with Crippen molar-refractivity contribution in [1.82, 2.24) is 5.32 Å². The molecule has 0 bridgehead atoms. The van der Waals surface area contributed by atoms with Crippen molar-refractivity contribution in [2.45, 2.75) is 289 Å². The summed E-state index contributed by atoms with van der Waals surface area (Å²) < 4.78 is 23.7. The number of allylic oxidation sites excluding steroid dienone is 15. The molecule has 0 fully saturated rings. The van der Waals surface area contributed by atoms with E-state index in [9.17, 15) is 19.4 Å². The van der Waals surface area contributed by atoms with E-state index in [-0.39, 0.29) is 19.1 Å². The largest absolute Gasteiger partial charge is 0.472 e. The minimum Gasteiger partial charge on any atom is -0.387 e. The molecule has 3 unspecified atom stereocenters. The molecule has 3 atom stereocenters. The quantitative estimate of drug-likeness (QED) is 0.0243. The minimum atomic E-state index is -4.37. The van der Waals surface area contributed by atoms with E-state index in [2.05, 4.69) is 104 Å². The zero-order valence-corrected chi connectivity index (χ0v) is 51.8. The fourth-order valence-electron chi connectivity index (χ4n) is 9.04. The molecule has 446 valence electrons. The van der Waals surface area contributed by atoms with E-state index in [1.807, 2.05) is 27.2 Å². The Morgan fingerprint density at radius 2 is 0.792 bits per heavy atom. The fraction of sp³-hybridized carbons (Fsp3) is 0.750. The van der Waals surface area contributed by atoms with Crippen LogP contribution in [0, 0.1) is 0 Å². The van der Waals surface area contributed by atoms with Gasteiger partial charge in [-0.1, -0.05) is 278 Å². The molecule has 1 amide bonds. The number of carbonyl (C=O) groups is 1. The van der Waals surface area contributed by atoms with Gasteiger partial charge in [0.1, 0.15) is 13.2 Å². The summed E-state index contributed by atoms with van der Waals surface area (Å²) in [5, 5.41) is 14.0. The van der Waals surface area contributed by atoms with Crippen molar-refractivity contribution in [3.63, 3.8) is 0 Å². The van der Waals surface area contributed by atoms with Gasteiger partial charge in [-0.15, -0.1) is 0 Å². The SMILES string of the molecule is CC/C=C\C/C=C\C/C=C\C/C=C\C/C=C\CCCCCCCCCCCCCCCCCC(=O)NC(COP(=O)(O)OCC[N+](C)(C)C)C(O)/C=C/CC/C=C/CC/C=C/CCCCCCCCCCCCCCCC. The average Bonchev–Trinajstić information content (AvgIpc) is 3.39. The summed E-state index contributed by atoms with van der Waals surface area (Å²) in [5.41, 5.74) is 0. The van der Waals surface area contributed by atoms with Gasteiger partial charge < -0.3 is 19.8 Å². The van der Waals surface area contributed by atoms with E-state index in [4.69, 9.17) is 9.05 Å². The first-order valence-electron chi connectivity index (χ1n) is 32.1. The summed E-state index contributed by atoms with van der Waals surface area (Å²) in [4.78, 5) is 23.4. The monoisotopic (exact) mass is 1100 g/mol. The van der Waals surface area contributed by atoms with Gasteiger partial charge in [-0.2, -0.15) is 0 Å². The van der Waals surface area contributed by atoms with Crippen molar-refractivity contribution in [1.29, 1.82) is 0 Å². The second-order valence-corrected chi connectivity index (χ2v) is 24.2. The van der Waals surface area contributed by atoms with Crippen LogP contribution in [0.15, 0.2) is 97.2 Å². The molecule has 8 nitrogen and oxygen atoms in total. The maximum atomic E-state index is 13.0. The van der Waals surface area contributed by atoms with Gasteiger partial charge >= 0.3 is 7.82 Å². The summed E-state index contributed by atoms with van der Waals surface area (Å²) in [5.74, 6) is -0.192. The van der Waals surface area contributed by atoms with E-state index >= 15 is 0 Å². The lowest BCUT2D eigenvalue weighted by Gasteiger charge is -2.25. The van der Waals surface area contributed by atoms with Crippen LogP contribution >= 0.6 is 7.82 Å². The Labute approximate surface area is 477 Å². The van der Waals surface area contributed by atoms with Gasteiger partial charge in [0.25, 0.3) is 0 Å². The number of rotatable bonds is 58. The number of carbonyl (C=O) groups excluding carboxylic acids is 1. The molecule has 0 spiro atoms. The Morgan fingerprint density at radius 1 is 0.455 bits per heavy atom. The molecule has 77 heavy (non-hydrogen) atoms. The molecule has 3 N–H and O–H groups in total. The van der Waals surface area contributed by atoms with Crippen LogP contribution in [-0.4, -0.2) is 73.4 Å². The summed E-state index contributed by atoms with van der Waals surface area (Å²) in [7, 11) is 1.54. The number of phosphoric acid groups is 1. The summed E-state index contributed by atoms with van der Waals surface area (Å²) in [6.45, 7) is 4.69. The van der Waals surface area contributed by atoms with Crippen LogP contribution in [0.3, 0.4) is 0 Å². The van der Waals surface area contributed by atoms with E-state index in [1.54, 1.807) is 6.08 Å². The highest BCUT2D eigenvalue weighted by atomic mass is 31.2. The molecule has 0 aliphatic heterocycles. The van der Waals surface area contributed by atoms with Crippen molar-refractivity contribution in [3.8, 4) is 0 Å². The van der Waals surface area contributed by atoms with Crippen molar-refractivity contribution in [2.24, 2.45) is 0 Å². The number of unbranched alkanes of at least 4 members (excludes halogenated alkanes) is 31. The number of hydrogen-bond donors (Lipinski definition) is 3. The molecule has 0 aliphatic rings. The molecule has 0 aromatic heterocycles. The van der Waals surface area contributed by atoms with Crippen molar-refractivity contribution in [2.75, 3.05) is 40.9 Å². The van der Waals surface area contributed by atoms with Crippen molar-refractivity contribution < 1.29 is 32.9 Å². The first-order valence-corrected chi connectivity index (χ1v) is 33.6. The second-order valence-electron chi connectivity index (χ2n) is 22.7. The molecule has 9 heteroatoms. The van der Waals surface area contributed by atoms with Crippen LogP contribution in [0.5, 0.6) is 0 Å². The zero-order valence-electron chi connectivity index (χ0n) is 50.9. The number of nitrogens with zero attached hydrogens (tertiary/aromatic N) is 1. The van der Waals surface area contributed by atoms with Crippen LogP contribution in [-0.2, 0) is 18.4 Å². The van der Waals surface area contributed by atoms with E-state index in [0.717, 1.165) is 77.0 Å². The maximum absolute atomic E-state index is 13.0. The molecule has 0 aromatic carbocycles. The summed E-state index contributed by atoms with van der Waals surface area (Å²) in [6, 6.07) is -0.876. The standard InChI is InChI=1S/C68H123N2O6P/c1-6-8-10-12-14-16-18-20-22-24-26-28-30-32-33-34-35-36-37-38-40-42-44-46-48-50-52-54-56-58-60-62-68(72)69-66(65-76-77(73,74)75-64-63-70(3,4)5)67(71)61-59-57-55-53-51-49-47-45-43-41-39-31-29-27-25-23-21-19-17-15-13-11-9-7-2/h8,10,14,16,20,22,26,28,32-33,43,45,51,53,59,61,66-67,71H,6-7,9,11-13,15,17-19,21,23-25,27,29-31,34-42,44,46-50,52,54-58,60,62-65H2,1-5H3,(H-,69,72,73,74)/p+1/b10-8-,16-14-,22-20-,28-26-,33-32-,45-43+,53-51+,61-59+. The molecule has 0 saturated carbocycles. The number of aliphatic hydroxyl groups excluding tert-OH is 1. The Bertz CT molecular complexity index is 1570. The average molecular weight is 1100 g/mol.